The van der Waals surface area contributed by atoms with E-state index in [-0.39, 0.29) is 60.4 Å². The van der Waals surface area contributed by atoms with Gasteiger partial charge in [0.1, 0.15) is 41.7 Å². The van der Waals surface area contributed by atoms with Gasteiger partial charge in [0.2, 0.25) is 6.29 Å². The van der Waals surface area contributed by atoms with E-state index >= 15 is 4.79 Å². The molecular formula is C51H51N3O11. The van der Waals surface area contributed by atoms with Gasteiger partial charge in [-0.1, -0.05) is 36.6 Å². The van der Waals surface area contributed by atoms with Crippen molar-refractivity contribution in [2.45, 2.75) is 93.8 Å². The van der Waals surface area contributed by atoms with Crippen molar-refractivity contribution in [3.8, 4) is 29.3 Å². The normalized spacial score (nSPS) is 28.6. The molecule has 65 heavy (non-hydrogen) atoms. The summed E-state index contributed by atoms with van der Waals surface area (Å²) in [7, 11) is 3.41. The molecule has 4 aliphatic heterocycles. The second-order valence-corrected chi connectivity index (χ2v) is 18.2. The molecular weight excluding hydrogens is 831 g/mol. The number of aromatic hydroxyl groups is 1. The molecule has 5 aromatic rings. The largest absolute Gasteiger partial charge is 0.506 e. The Bertz CT molecular complexity index is 2880. The Morgan fingerprint density at radius 3 is 2.78 bits per heavy atom. The Labute approximate surface area is 375 Å². The number of H-pyrrole nitrogens is 1. The number of nitrogens with zero attached hydrogens (tertiary/aromatic N) is 1. The molecule has 1 aromatic heterocycles. The number of aryl methyl sites for hydroxylation is 1. The van der Waals surface area contributed by atoms with Crippen molar-refractivity contribution in [2.24, 2.45) is 5.92 Å². The third kappa shape index (κ3) is 6.62. The van der Waals surface area contributed by atoms with E-state index in [4.69, 9.17) is 23.7 Å². The van der Waals surface area contributed by atoms with Crippen LogP contribution in [0, 0.1) is 17.9 Å². The van der Waals surface area contributed by atoms with Crippen LogP contribution in [0.15, 0.2) is 54.7 Å². The first-order valence-corrected chi connectivity index (χ1v) is 22.5. The first kappa shape index (κ1) is 41.8. The summed E-state index contributed by atoms with van der Waals surface area (Å²) in [5.74, 6) is 2.65. The molecule has 14 nitrogen and oxygen atoms in total. The monoisotopic (exact) mass is 881 g/mol. The minimum Gasteiger partial charge on any atom is -0.506 e. The number of ketones is 1. The van der Waals surface area contributed by atoms with Crippen LogP contribution in [0.3, 0.4) is 0 Å². The highest BCUT2D eigenvalue weighted by Crippen LogP contribution is 2.55. The lowest BCUT2D eigenvalue weighted by Gasteiger charge is -2.47. The van der Waals surface area contributed by atoms with E-state index in [2.05, 4.69) is 28.4 Å². The number of rotatable bonds is 5. The van der Waals surface area contributed by atoms with E-state index in [1.807, 2.05) is 43.6 Å². The fourth-order valence-electron chi connectivity index (χ4n) is 11.5. The number of carbonyl (C=O) groups excluding carboxylic acids is 2. The average molecular weight is 882 g/mol. The molecule has 8 atom stereocenters. The molecule has 2 aliphatic carbocycles. The average Bonchev–Trinajstić information content (AvgIpc) is 4.04. The highest BCUT2D eigenvalue weighted by Gasteiger charge is 2.59. The molecule has 5 heterocycles. The molecule has 336 valence electrons. The lowest BCUT2D eigenvalue weighted by Crippen LogP contribution is -2.70. The van der Waals surface area contributed by atoms with E-state index in [0.717, 1.165) is 70.0 Å². The molecule has 1 amide bonds. The topological polar surface area (TPSA) is 192 Å². The van der Waals surface area contributed by atoms with Crippen molar-refractivity contribution in [1.29, 1.82) is 0 Å². The molecule has 6 N–H and O–H groups in total. The summed E-state index contributed by atoms with van der Waals surface area (Å²) in [6, 6.07) is 13.3. The number of fused-ring (bicyclic) bond motifs is 10. The standard InChI is InChI=1S/C51H51N3O11/c1-52-20-26-11-15-37-33(18-26)35(21-53-37)39-16-14-32-40(61-2)19-34-30-13-12-28-7-3-9-29(28)42(30)44-38(56)23-54-22-36-27(6-4-10-31(36)49(54)59)8-5-17-62-48-45(57)41(24-63-39)64-50(51(48,60)25-55)65-47(32)43(34)46(44)58/h4,6,10-11,14-16,18-19,21,28-29,39,41,45,48,50,52-53,55,57-58,60H,3,7-9,12-13,20,22-25H2,1-2H3/b16-14+/t28-,29-,39-,41-,45-,48+,50-,51-/m1/s1. The number of Topliss-reactive ketones (excluding diaryl/α,β-unsaturated/α-hetero) is 1. The van der Waals surface area contributed by atoms with Gasteiger partial charge in [-0.05, 0) is 108 Å². The fourth-order valence-corrected chi connectivity index (χ4v) is 11.5. The van der Waals surface area contributed by atoms with Gasteiger partial charge in [0, 0.05) is 47.7 Å². The van der Waals surface area contributed by atoms with Crippen LogP contribution >= 0.6 is 0 Å². The number of nitrogens with one attached hydrogen (secondary N) is 2. The first-order valence-electron chi connectivity index (χ1n) is 22.5. The number of amides is 1. The number of phenolic OH excluding ortho intramolecular Hbond substituents is 1. The number of methoxy groups -OCH3 is 1. The molecule has 1 saturated carbocycles. The highest BCUT2D eigenvalue weighted by atomic mass is 16.7. The summed E-state index contributed by atoms with van der Waals surface area (Å²) in [6.45, 7) is -0.682. The minimum absolute atomic E-state index is 0.00152. The Balaban J connectivity index is 1.18. The third-order valence-electron chi connectivity index (χ3n) is 14.7. The summed E-state index contributed by atoms with van der Waals surface area (Å²) >= 11 is 0. The van der Waals surface area contributed by atoms with E-state index in [0.29, 0.717) is 41.1 Å². The molecule has 6 aliphatic rings. The van der Waals surface area contributed by atoms with Gasteiger partial charge >= 0.3 is 0 Å². The van der Waals surface area contributed by atoms with Gasteiger partial charge in [0.05, 0.1) is 43.4 Å². The molecule has 0 radical (unpaired) electrons. The number of phenols is 1. The Kier molecular flexibility index (Phi) is 10.4. The predicted molar refractivity (Wildman–Crippen MR) is 239 cm³/mol. The van der Waals surface area contributed by atoms with E-state index in [9.17, 15) is 25.2 Å². The third-order valence-corrected chi connectivity index (χ3v) is 14.7. The SMILES string of the molecule is CNCc1ccc2[nH]cc([C@H]3/C=C/c4c(OC)cc5c6c(c7c(O)c5c4O[C@H]4O[C@H](CO3)[C@@H](O)[C@H](OC#CCc3cccc5c3CN(CC7=O)C5=O)[C@]4(O)CO)[C@@H]3CCC[C@@H]3CC6)c2c1. The van der Waals surface area contributed by atoms with Crippen LogP contribution in [0.5, 0.6) is 17.2 Å². The fraction of sp³-hybridized carbons (Fsp3) is 0.412. The van der Waals surface area contributed by atoms with Crippen LogP contribution in [0.2, 0.25) is 0 Å². The van der Waals surface area contributed by atoms with Gasteiger partial charge in [0.15, 0.2) is 17.5 Å². The highest BCUT2D eigenvalue weighted by molar-refractivity contribution is 6.13. The van der Waals surface area contributed by atoms with Gasteiger partial charge in [-0.2, -0.15) is 0 Å². The number of hydrogen-bond donors (Lipinski definition) is 6. The molecule has 14 heteroatoms. The Morgan fingerprint density at radius 1 is 1.08 bits per heavy atom. The summed E-state index contributed by atoms with van der Waals surface area (Å²) in [4.78, 5) is 34.0. The Morgan fingerprint density at radius 2 is 1.95 bits per heavy atom. The van der Waals surface area contributed by atoms with Gasteiger partial charge in [-0.25, -0.2) is 0 Å². The number of aliphatic hydroxyl groups is 3. The number of ether oxygens (including phenoxy) is 5. The number of benzene rings is 4. The molecule has 2 fully saturated rings. The van der Waals surface area contributed by atoms with Crippen molar-refractivity contribution in [2.75, 3.05) is 33.9 Å². The van der Waals surface area contributed by atoms with Crippen LogP contribution in [0.25, 0.3) is 27.8 Å². The van der Waals surface area contributed by atoms with Crippen molar-refractivity contribution in [3.63, 3.8) is 0 Å². The van der Waals surface area contributed by atoms with E-state index < -0.39 is 48.7 Å². The molecule has 8 bridgehead atoms. The molecule has 11 rings (SSSR count). The Hall–Kier alpha value is -5.92. The zero-order chi connectivity index (χ0) is 44.7. The van der Waals surface area contributed by atoms with Crippen molar-refractivity contribution >= 4 is 39.4 Å². The number of aromatic nitrogens is 1. The summed E-state index contributed by atoms with van der Waals surface area (Å²) in [5.41, 5.74) is 4.36. The van der Waals surface area contributed by atoms with Crippen molar-refractivity contribution < 1.29 is 53.7 Å². The molecule has 4 aromatic carbocycles. The van der Waals surface area contributed by atoms with Gasteiger partial charge in [0.25, 0.3) is 5.91 Å². The lowest BCUT2D eigenvalue weighted by atomic mass is 9.72. The maximum Gasteiger partial charge on any atom is 0.254 e. The van der Waals surface area contributed by atoms with E-state index in [1.54, 1.807) is 18.2 Å². The summed E-state index contributed by atoms with van der Waals surface area (Å²) in [5, 5.41) is 53.6. The number of aromatic amines is 1. The zero-order valence-electron chi connectivity index (χ0n) is 36.2. The van der Waals surface area contributed by atoms with Gasteiger partial charge in [-0.3, -0.25) is 9.59 Å². The molecule has 1 saturated heterocycles. The zero-order valence-corrected chi connectivity index (χ0v) is 36.2. The molecule has 0 spiro atoms. The summed E-state index contributed by atoms with van der Waals surface area (Å²) < 4.78 is 32.2. The predicted octanol–water partition coefficient (Wildman–Crippen LogP) is 5.30. The second-order valence-electron chi connectivity index (χ2n) is 18.2. The van der Waals surface area contributed by atoms with E-state index in [1.165, 1.54) is 12.0 Å². The van der Waals surface area contributed by atoms with Gasteiger partial charge < -0.3 is 59.3 Å². The second kappa shape index (κ2) is 16.2. The molecule has 0 unspecified atom stereocenters. The van der Waals surface area contributed by atoms with Crippen molar-refractivity contribution in [3.05, 3.63) is 105 Å². The number of aliphatic hydroxyl groups excluding tert-OH is 2. The number of hydrogen-bond acceptors (Lipinski definition) is 12. The van der Waals surface area contributed by atoms with Crippen LogP contribution < -0.4 is 14.8 Å². The smallest absolute Gasteiger partial charge is 0.254 e. The lowest BCUT2D eigenvalue weighted by molar-refractivity contribution is -0.328. The van der Waals surface area contributed by atoms with Crippen LogP contribution in [0.4, 0.5) is 0 Å². The minimum atomic E-state index is -2.44. The maximum absolute atomic E-state index is 15.1. The van der Waals surface area contributed by atoms with Crippen LogP contribution in [0.1, 0.15) is 97.4 Å². The van der Waals surface area contributed by atoms with Crippen molar-refractivity contribution in [1.82, 2.24) is 15.2 Å². The maximum atomic E-state index is 15.1. The van der Waals surface area contributed by atoms with Crippen LogP contribution in [-0.2, 0) is 40.1 Å². The quantitative estimate of drug-likeness (QED) is 0.125. The van der Waals surface area contributed by atoms with Gasteiger partial charge in [-0.15, -0.1) is 0 Å². The first-order chi connectivity index (χ1) is 31.6. The summed E-state index contributed by atoms with van der Waals surface area (Å²) in [6.07, 6.45) is 5.67. The van der Waals surface area contributed by atoms with Crippen LogP contribution in [-0.4, -0.2) is 106 Å². The number of carbonyl (C=O) groups is 2.